The number of hydrogen-bond donors (Lipinski definition) is 1. The van der Waals surface area contributed by atoms with Gasteiger partial charge in [0.2, 0.25) is 5.76 Å². The Morgan fingerprint density at radius 2 is 1.89 bits per heavy atom. The highest BCUT2D eigenvalue weighted by atomic mass is 35.5. The normalized spacial score (nSPS) is 12.0. The first-order chi connectivity index (χ1) is 13.3. The zero-order valence-corrected chi connectivity index (χ0v) is 15.2. The molecule has 0 radical (unpaired) electrons. The van der Waals surface area contributed by atoms with Crippen molar-refractivity contribution in [1.29, 1.82) is 0 Å². The van der Waals surface area contributed by atoms with E-state index in [1.54, 1.807) is 18.2 Å². The van der Waals surface area contributed by atoms with E-state index in [4.69, 9.17) is 20.8 Å². The van der Waals surface area contributed by atoms with Crippen molar-refractivity contribution < 1.29 is 32.3 Å². The fourth-order valence-electron chi connectivity index (χ4n) is 2.39. The maximum atomic E-state index is 12.4. The molecule has 1 atom stereocenters. The number of carbonyl (C=O) groups excluding carboxylic acids is 2. The second kappa shape index (κ2) is 8.26. The molecule has 9 heteroatoms. The molecule has 3 rings (SSSR count). The van der Waals surface area contributed by atoms with Gasteiger partial charge < -0.3 is 19.2 Å². The number of anilines is 1. The van der Waals surface area contributed by atoms with Crippen molar-refractivity contribution in [3.63, 3.8) is 0 Å². The van der Waals surface area contributed by atoms with Crippen molar-refractivity contribution in [2.75, 3.05) is 5.32 Å². The molecule has 0 aliphatic rings. The molecule has 28 heavy (non-hydrogen) atoms. The van der Waals surface area contributed by atoms with E-state index in [2.05, 4.69) is 10.1 Å². The number of ether oxygens (including phenoxy) is 2. The third kappa shape index (κ3) is 4.58. The average molecular weight is 410 g/mol. The number of fused-ring (bicyclic) bond motifs is 1. The molecule has 0 aliphatic heterocycles. The van der Waals surface area contributed by atoms with Crippen molar-refractivity contribution in [3.05, 3.63) is 59.3 Å². The summed E-state index contributed by atoms with van der Waals surface area (Å²) in [5, 5.41) is 3.47. The minimum Gasteiger partial charge on any atom is -0.449 e. The smallest absolute Gasteiger partial charge is 0.387 e. The highest BCUT2D eigenvalue weighted by Crippen LogP contribution is 2.26. The SMILES string of the molecule is CC(OC(=O)c1cc2cc(Cl)ccc2o1)C(=O)Nc1ccccc1OC(F)F. The zero-order chi connectivity index (χ0) is 20.3. The number of amides is 1. The van der Waals surface area contributed by atoms with Crippen LogP contribution in [0.3, 0.4) is 0 Å². The van der Waals surface area contributed by atoms with Crippen molar-refractivity contribution in [1.82, 2.24) is 0 Å². The number of esters is 1. The Balaban J connectivity index is 1.67. The molecule has 146 valence electrons. The van der Waals surface area contributed by atoms with Gasteiger partial charge in [0.1, 0.15) is 11.3 Å². The van der Waals surface area contributed by atoms with Crippen LogP contribution in [0, 0.1) is 0 Å². The van der Waals surface area contributed by atoms with Crippen LogP contribution in [0.2, 0.25) is 5.02 Å². The molecule has 0 fully saturated rings. The molecule has 0 aliphatic carbocycles. The van der Waals surface area contributed by atoms with Gasteiger partial charge >= 0.3 is 12.6 Å². The van der Waals surface area contributed by atoms with E-state index in [1.807, 2.05) is 0 Å². The Hall–Kier alpha value is -3.13. The summed E-state index contributed by atoms with van der Waals surface area (Å²) in [4.78, 5) is 24.5. The van der Waals surface area contributed by atoms with Gasteiger partial charge in [0.25, 0.3) is 5.91 Å². The molecule has 0 bridgehead atoms. The summed E-state index contributed by atoms with van der Waals surface area (Å²) in [6.45, 7) is -1.71. The van der Waals surface area contributed by atoms with E-state index in [9.17, 15) is 18.4 Å². The fourth-order valence-corrected chi connectivity index (χ4v) is 2.57. The number of alkyl halides is 2. The predicted octanol–water partition coefficient (Wildman–Crippen LogP) is 4.87. The Morgan fingerprint density at radius 3 is 2.64 bits per heavy atom. The van der Waals surface area contributed by atoms with E-state index in [0.717, 1.165) is 0 Å². The molecule has 1 amide bonds. The monoisotopic (exact) mass is 409 g/mol. The summed E-state index contributed by atoms with van der Waals surface area (Å²) in [5.41, 5.74) is 0.459. The van der Waals surface area contributed by atoms with Gasteiger partial charge in [-0.2, -0.15) is 8.78 Å². The Kier molecular flexibility index (Phi) is 5.79. The first kappa shape index (κ1) is 19.6. The van der Waals surface area contributed by atoms with E-state index >= 15 is 0 Å². The number of halogens is 3. The summed E-state index contributed by atoms with van der Waals surface area (Å²) < 4.78 is 39.7. The second-order valence-corrected chi connectivity index (χ2v) is 6.14. The molecule has 0 saturated carbocycles. The Labute approximate surface area is 163 Å². The molecule has 1 unspecified atom stereocenters. The van der Waals surface area contributed by atoms with Gasteiger partial charge in [-0.3, -0.25) is 4.79 Å². The molecule has 2 aromatic carbocycles. The number of furan rings is 1. The fraction of sp³-hybridized carbons (Fsp3) is 0.158. The van der Waals surface area contributed by atoms with Gasteiger partial charge in [0, 0.05) is 10.4 Å². The van der Waals surface area contributed by atoms with Crippen molar-refractivity contribution >= 4 is 40.1 Å². The predicted molar refractivity (Wildman–Crippen MR) is 97.8 cm³/mol. The first-order valence-electron chi connectivity index (χ1n) is 8.08. The maximum Gasteiger partial charge on any atom is 0.387 e. The molecule has 6 nitrogen and oxygen atoms in total. The van der Waals surface area contributed by atoms with Crippen LogP contribution in [-0.2, 0) is 9.53 Å². The van der Waals surface area contributed by atoms with Crippen LogP contribution in [0.15, 0.2) is 52.9 Å². The number of nitrogens with one attached hydrogen (secondary N) is 1. The van der Waals surface area contributed by atoms with E-state index in [-0.39, 0.29) is 17.2 Å². The quantitative estimate of drug-likeness (QED) is 0.587. The molecule has 1 heterocycles. The Bertz CT molecular complexity index is 1020. The maximum absolute atomic E-state index is 12.4. The van der Waals surface area contributed by atoms with E-state index in [1.165, 1.54) is 37.3 Å². The van der Waals surface area contributed by atoms with Crippen LogP contribution in [0.1, 0.15) is 17.5 Å². The summed E-state index contributed by atoms with van der Waals surface area (Å²) in [6.07, 6.45) is -1.22. The van der Waals surface area contributed by atoms with Crippen molar-refractivity contribution in [2.24, 2.45) is 0 Å². The number of para-hydroxylation sites is 2. The van der Waals surface area contributed by atoms with E-state index < -0.39 is 24.6 Å². The standard InChI is InChI=1S/C19H14ClF2NO5/c1-10(17(24)23-13-4-2-3-5-15(13)28-19(21)22)26-18(25)16-9-11-8-12(20)6-7-14(11)27-16/h2-10,19H,1H3,(H,23,24). The lowest BCUT2D eigenvalue weighted by molar-refractivity contribution is -0.123. The third-order valence-electron chi connectivity index (χ3n) is 3.69. The minimum absolute atomic E-state index is 0.0223. The minimum atomic E-state index is -3.05. The number of rotatable bonds is 6. The van der Waals surface area contributed by atoms with Gasteiger partial charge in [0.15, 0.2) is 6.10 Å². The summed E-state index contributed by atoms with van der Waals surface area (Å²) in [6, 6.07) is 11.9. The summed E-state index contributed by atoms with van der Waals surface area (Å²) >= 11 is 5.89. The van der Waals surface area contributed by atoms with Gasteiger partial charge in [-0.15, -0.1) is 0 Å². The largest absolute Gasteiger partial charge is 0.449 e. The number of hydrogen-bond acceptors (Lipinski definition) is 5. The molecular formula is C19H14ClF2NO5. The zero-order valence-electron chi connectivity index (χ0n) is 14.4. The molecule has 3 aromatic rings. The van der Waals surface area contributed by atoms with Crippen LogP contribution in [0.4, 0.5) is 14.5 Å². The van der Waals surface area contributed by atoms with Gasteiger partial charge in [-0.25, -0.2) is 4.79 Å². The molecule has 0 spiro atoms. The van der Waals surface area contributed by atoms with Crippen LogP contribution in [-0.4, -0.2) is 24.6 Å². The van der Waals surface area contributed by atoms with Gasteiger partial charge in [-0.05, 0) is 43.3 Å². The van der Waals surface area contributed by atoms with Crippen LogP contribution < -0.4 is 10.1 Å². The topological polar surface area (TPSA) is 77.8 Å². The lowest BCUT2D eigenvalue weighted by Gasteiger charge is -2.15. The molecule has 1 N–H and O–H groups in total. The number of benzene rings is 2. The van der Waals surface area contributed by atoms with Crippen LogP contribution in [0.25, 0.3) is 11.0 Å². The lowest BCUT2D eigenvalue weighted by Crippen LogP contribution is -2.30. The molecule has 0 saturated heterocycles. The lowest BCUT2D eigenvalue weighted by atomic mass is 10.2. The van der Waals surface area contributed by atoms with Crippen molar-refractivity contribution in [2.45, 2.75) is 19.6 Å². The summed E-state index contributed by atoms with van der Waals surface area (Å²) in [5.74, 6) is -1.89. The highest BCUT2D eigenvalue weighted by molar-refractivity contribution is 6.31. The Morgan fingerprint density at radius 1 is 1.14 bits per heavy atom. The van der Waals surface area contributed by atoms with E-state index in [0.29, 0.717) is 16.0 Å². The number of carbonyl (C=O) groups is 2. The summed E-state index contributed by atoms with van der Waals surface area (Å²) in [7, 11) is 0. The molecule has 1 aromatic heterocycles. The average Bonchev–Trinajstić information content (AvgIpc) is 3.06. The van der Waals surface area contributed by atoms with Crippen molar-refractivity contribution in [3.8, 4) is 5.75 Å². The molecular weight excluding hydrogens is 396 g/mol. The van der Waals surface area contributed by atoms with Crippen LogP contribution >= 0.6 is 11.6 Å². The third-order valence-corrected chi connectivity index (χ3v) is 3.93. The first-order valence-corrected chi connectivity index (χ1v) is 8.46. The van der Waals surface area contributed by atoms with Crippen LogP contribution in [0.5, 0.6) is 5.75 Å². The second-order valence-electron chi connectivity index (χ2n) is 5.70. The van der Waals surface area contributed by atoms with Gasteiger partial charge in [-0.1, -0.05) is 23.7 Å². The van der Waals surface area contributed by atoms with Gasteiger partial charge in [0.05, 0.1) is 5.69 Å². The highest BCUT2D eigenvalue weighted by Gasteiger charge is 2.23.